The molecule has 0 bridgehead atoms. The van der Waals surface area contributed by atoms with E-state index in [2.05, 4.69) is 5.32 Å². The lowest BCUT2D eigenvalue weighted by molar-refractivity contribution is -0.695. The number of aliphatic hydroxyl groups is 1. The molecule has 1 rings (SSSR count). The summed E-state index contributed by atoms with van der Waals surface area (Å²) in [5, 5.41) is 20.4. The number of aromatic nitrogens is 1. The molecule has 3 N–H and O–H groups in total. The number of aryl methyl sites for hydroxylation is 2. The van der Waals surface area contributed by atoms with Crippen molar-refractivity contribution >= 4 is 11.9 Å². The average molecular weight is 267 g/mol. The van der Waals surface area contributed by atoms with E-state index < -0.39 is 24.0 Å². The predicted octanol–water partition coefficient (Wildman–Crippen LogP) is -0.377. The van der Waals surface area contributed by atoms with E-state index >= 15 is 0 Å². The highest BCUT2D eigenvalue weighted by atomic mass is 16.4. The number of hydrogen-bond acceptors (Lipinski definition) is 3. The van der Waals surface area contributed by atoms with E-state index in [4.69, 9.17) is 5.11 Å². The molecule has 0 saturated heterocycles. The largest absolute Gasteiger partial charge is 0.480 e. The zero-order valence-electron chi connectivity index (χ0n) is 11.0. The number of hydrogen-bond donors (Lipinski definition) is 3. The highest BCUT2D eigenvalue weighted by molar-refractivity contribution is 5.83. The number of nitrogens with one attached hydrogen (secondary N) is 1. The number of carbonyl (C=O) groups excluding carboxylic acids is 1. The first kappa shape index (κ1) is 15.1. The molecule has 1 heterocycles. The summed E-state index contributed by atoms with van der Waals surface area (Å²) in [5.74, 6) is -1.65. The summed E-state index contributed by atoms with van der Waals surface area (Å²) in [7, 11) is 0. The van der Waals surface area contributed by atoms with Crippen molar-refractivity contribution in [2.45, 2.75) is 39.0 Å². The summed E-state index contributed by atoms with van der Waals surface area (Å²) >= 11 is 0. The minimum absolute atomic E-state index is 0.157. The van der Waals surface area contributed by atoms with Gasteiger partial charge in [0.25, 0.3) is 0 Å². The van der Waals surface area contributed by atoms with E-state index in [-0.39, 0.29) is 6.42 Å². The standard InChI is InChI=1S/C13H18N2O4/c1-9-3-6-15(7-4-9)8-5-11(17)14-12(10(2)16)13(18)19/h3-4,6-7,10,12,16H,5,8H2,1-2H3,(H-,14,17,18,19)/p+1. The van der Waals surface area contributed by atoms with E-state index in [1.54, 1.807) is 0 Å². The van der Waals surface area contributed by atoms with Crippen molar-refractivity contribution in [1.82, 2.24) is 5.32 Å². The molecule has 0 aliphatic heterocycles. The molecular formula is C13H19N2O4+. The van der Waals surface area contributed by atoms with E-state index in [0.29, 0.717) is 6.54 Å². The molecule has 0 spiro atoms. The maximum Gasteiger partial charge on any atom is 0.328 e. The van der Waals surface area contributed by atoms with Gasteiger partial charge in [-0.05, 0) is 19.4 Å². The highest BCUT2D eigenvalue weighted by Gasteiger charge is 2.25. The molecule has 6 heteroatoms. The SMILES string of the molecule is Cc1cc[n+](CCC(=O)NC(C(=O)O)C(C)O)cc1. The first-order valence-corrected chi connectivity index (χ1v) is 6.06. The molecule has 19 heavy (non-hydrogen) atoms. The number of carbonyl (C=O) groups is 2. The molecule has 1 aromatic rings. The Balaban J connectivity index is 2.47. The van der Waals surface area contributed by atoms with E-state index in [9.17, 15) is 14.7 Å². The minimum atomic E-state index is -1.27. The predicted molar refractivity (Wildman–Crippen MR) is 67.2 cm³/mol. The lowest BCUT2D eigenvalue weighted by Crippen LogP contribution is -2.48. The van der Waals surface area contributed by atoms with E-state index in [0.717, 1.165) is 5.56 Å². The molecule has 6 nitrogen and oxygen atoms in total. The number of pyridine rings is 1. The number of amides is 1. The van der Waals surface area contributed by atoms with E-state index in [1.165, 1.54) is 6.92 Å². The number of carboxylic acid groups (broad SMARTS) is 1. The Hall–Kier alpha value is -1.95. The molecule has 0 aliphatic carbocycles. The van der Waals surface area contributed by atoms with Crippen LogP contribution in [-0.2, 0) is 16.1 Å². The Morgan fingerprint density at radius 1 is 1.37 bits per heavy atom. The van der Waals surface area contributed by atoms with Crippen molar-refractivity contribution < 1.29 is 24.4 Å². The maximum atomic E-state index is 11.6. The Labute approximate surface area is 111 Å². The van der Waals surface area contributed by atoms with Gasteiger partial charge in [-0.3, -0.25) is 4.79 Å². The van der Waals surface area contributed by atoms with Gasteiger partial charge in [0.1, 0.15) is 0 Å². The molecule has 2 atom stereocenters. The summed E-state index contributed by atoms with van der Waals surface area (Å²) in [5.41, 5.74) is 1.13. The van der Waals surface area contributed by atoms with Crippen LogP contribution >= 0.6 is 0 Å². The third kappa shape index (κ3) is 5.05. The van der Waals surface area contributed by atoms with Gasteiger partial charge in [-0.2, -0.15) is 0 Å². The number of aliphatic carboxylic acids is 1. The van der Waals surface area contributed by atoms with Crippen LogP contribution in [0.5, 0.6) is 0 Å². The zero-order chi connectivity index (χ0) is 14.4. The number of nitrogens with zero attached hydrogens (tertiary/aromatic N) is 1. The summed E-state index contributed by atoms with van der Waals surface area (Å²) in [6.45, 7) is 3.75. The zero-order valence-corrected chi connectivity index (χ0v) is 11.0. The number of aliphatic hydroxyl groups excluding tert-OH is 1. The molecule has 1 aromatic heterocycles. The van der Waals surface area contributed by atoms with Gasteiger partial charge in [0, 0.05) is 12.1 Å². The fourth-order valence-electron chi connectivity index (χ4n) is 1.55. The summed E-state index contributed by atoms with van der Waals surface area (Å²) in [6.07, 6.45) is 2.73. The van der Waals surface area contributed by atoms with Gasteiger partial charge in [-0.25, -0.2) is 9.36 Å². The second-order valence-corrected chi connectivity index (χ2v) is 4.49. The lowest BCUT2D eigenvalue weighted by atomic mass is 10.2. The Morgan fingerprint density at radius 3 is 2.42 bits per heavy atom. The van der Waals surface area contributed by atoms with Crippen LogP contribution in [0.15, 0.2) is 24.5 Å². The summed E-state index contributed by atoms with van der Waals surface area (Å²) < 4.78 is 1.84. The second-order valence-electron chi connectivity index (χ2n) is 4.49. The van der Waals surface area contributed by atoms with Gasteiger partial charge in [0.15, 0.2) is 25.0 Å². The van der Waals surface area contributed by atoms with Crippen molar-refractivity contribution in [3.63, 3.8) is 0 Å². The molecule has 104 valence electrons. The van der Waals surface area contributed by atoms with Gasteiger partial charge in [-0.15, -0.1) is 0 Å². The molecule has 1 amide bonds. The second kappa shape index (κ2) is 6.84. The molecule has 0 aromatic carbocycles. The van der Waals surface area contributed by atoms with Crippen molar-refractivity contribution in [3.8, 4) is 0 Å². The molecular weight excluding hydrogens is 248 g/mol. The minimum Gasteiger partial charge on any atom is -0.480 e. The van der Waals surface area contributed by atoms with Crippen molar-refractivity contribution in [1.29, 1.82) is 0 Å². The summed E-state index contributed by atoms with van der Waals surface area (Å²) in [4.78, 5) is 22.4. The van der Waals surface area contributed by atoms with Crippen molar-refractivity contribution in [2.24, 2.45) is 0 Å². The Morgan fingerprint density at radius 2 is 1.95 bits per heavy atom. The quantitative estimate of drug-likeness (QED) is 0.613. The fraction of sp³-hybridized carbons (Fsp3) is 0.462. The van der Waals surface area contributed by atoms with Gasteiger partial charge >= 0.3 is 5.97 Å². The first-order chi connectivity index (χ1) is 8.90. The van der Waals surface area contributed by atoms with Crippen molar-refractivity contribution in [2.75, 3.05) is 0 Å². The Bertz CT molecular complexity index is 442. The van der Waals surface area contributed by atoms with Gasteiger partial charge < -0.3 is 15.5 Å². The van der Waals surface area contributed by atoms with Crippen LogP contribution in [0.25, 0.3) is 0 Å². The first-order valence-electron chi connectivity index (χ1n) is 6.06. The van der Waals surface area contributed by atoms with Crippen LogP contribution in [-0.4, -0.2) is 34.2 Å². The molecule has 0 aliphatic rings. The third-order valence-corrected chi connectivity index (χ3v) is 2.72. The van der Waals surface area contributed by atoms with Crippen LogP contribution < -0.4 is 9.88 Å². The topological polar surface area (TPSA) is 90.5 Å². The van der Waals surface area contributed by atoms with Gasteiger partial charge in [-0.1, -0.05) is 0 Å². The van der Waals surface area contributed by atoms with Crippen LogP contribution in [0.1, 0.15) is 18.9 Å². The van der Waals surface area contributed by atoms with Crippen LogP contribution in [0.4, 0.5) is 0 Å². The van der Waals surface area contributed by atoms with Crippen LogP contribution in [0, 0.1) is 6.92 Å². The molecule has 0 fully saturated rings. The normalized spacial score (nSPS) is 13.6. The highest BCUT2D eigenvalue weighted by Crippen LogP contribution is 1.95. The molecule has 0 saturated carbocycles. The lowest BCUT2D eigenvalue weighted by Gasteiger charge is -2.16. The summed E-state index contributed by atoms with van der Waals surface area (Å²) in [6, 6.07) is 2.58. The fourth-order valence-corrected chi connectivity index (χ4v) is 1.55. The maximum absolute atomic E-state index is 11.6. The third-order valence-electron chi connectivity index (χ3n) is 2.72. The van der Waals surface area contributed by atoms with Gasteiger partial charge in [0.05, 0.1) is 12.5 Å². The number of rotatable bonds is 6. The molecule has 0 radical (unpaired) electrons. The monoisotopic (exact) mass is 267 g/mol. The average Bonchev–Trinajstić information content (AvgIpc) is 2.34. The van der Waals surface area contributed by atoms with Crippen molar-refractivity contribution in [3.05, 3.63) is 30.1 Å². The van der Waals surface area contributed by atoms with Gasteiger partial charge in [0.2, 0.25) is 5.91 Å². The smallest absolute Gasteiger partial charge is 0.328 e. The van der Waals surface area contributed by atoms with E-state index in [1.807, 2.05) is 36.0 Å². The molecule has 2 unspecified atom stereocenters. The Kier molecular flexibility index (Phi) is 5.44. The number of carboxylic acids is 1. The van der Waals surface area contributed by atoms with Crippen LogP contribution in [0.2, 0.25) is 0 Å². The van der Waals surface area contributed by atoms with Crippen LogP contribution in [0.3, 0.4) is 0 Å².